The highest BCUT2D eigenvalue weighted by molar-refractivity contribution is 5.24. The fourth-order valence-corrected chi connectivity index (χ4v) is 3.19. The van der Waals surface area contributed by atoms with E-state index in [-0.39, 0.29) is 6.04 Å². The summed E-state index contributed by atoms with van der Waals surface area (Å²) in [5, 5.41) is 17.5. The molecule has 2 aromatic carbocycles. The molecule has 0 spiro atoms. The van der Waals surface area contributed by atoms with Gasteiger partial charge in [0.1, 0.15) is 12.4 Å². The Morgan fingerprint density at radius 3 is 2.36 bits per heavy atom. The third kappa shape index (κ3) is 5.05. The molecule has 0 amide bonds. The van der Waals surface area contributed by atoms with Crippen LogP contribution in [0.3, 0.4) is 0 Å². The third-order valence-corrected chi connectivity index (χ3v) is 5.06. The Morgan fingerprint density at radius 2 is 1.68 bits per heavy atom. The van der Waals surface area contributed by atoms with Crippen molar-refractivity contribution in [2.45, 2.75) is 44.6 Å². The molecule has 4 nitrogen and oxygen atoms in total. The average molecular weight is 340 g/mol. The maximum absolute atomic E-state index is 10.7. The Bertz CT molecular complexity index is 637. The lowest BCUT2D eigenvalue weighted by Crippen LogP contribution is -2.54. The van der Waals surface area contributed by atoms with E-state index in [9.17, 15) is 5.11 Å². The minimum Gasteiger partial charge on any atom is -0.489 e. The minimum atomic E-state index is -0.602. The normalized spacial score (nSPS) is 17.8. The van der Waals surface area contributed by atoms with Crippen LogP contribution in [0.4, 0.5) is 0 Å². The molecule has 1 heterocycles. The zero-order chi connectivity index (χ0) is 17.5. The first-order chi connectivity index (χ1) is 12.2. The van der Waals surface area contributed by atoms with Gasteiger partial charge in [-0.2, -0.15) is 0 Å². The van der Waals surface area contributed by atoms with Crippen molar-refractivity contribution in [1.82, 2.24) is 10.6 Å². The molecule has 134 valence electrons. The van der Waals surface area contributed by atoms with Crippen molar-refractivity contribution in [3.63, 3.8) is 0 Å². The van der Waals surface area contributed by atoms with Crippen molar-refractivity contribution < 1.29 is 9.84 Å². The molecule has 1 atom stereocenters. The molecule has 0 radical (unpaired) electrons. The lowest BCUT2D eigenvalue weighted by atomic mass is 9.86. The Morgan fingerprint density at radius 1 is 1.04 bits per heavy atom. The smallest absolute Gasteiger partial charge is 0.119 e. The third-order valence-electron chi connectivity index (χ3n) is 5.06. The Kier molecular flexibility index (Phi) is 6.08. The largest absolute Gasteiger partial charge is 0.489 e. The summed E-state index contributed by atoms with van der Waals surface area (Å²) in [6, 6.07) is 18.4. The predicted molar refractivity (Wildman–Crippen MR) is 101 cm³/mol. The monoisotopic (exact) mass is 340 g/mol. The van der Waals surface area contributed by atoms with Crippen LogP contribution in [-0.4, -0.2) is 29.8 Å². The molecule has 3 N–H and O–H groups in total. The van der Waals surface area contributed by atoms with Crippen LogP contribution in [0, 0.1) is 0 Å². The Labute approximate surface area is 150 Å². The van der Waals surface area contributed by atoms with E-state index in [0.29, 0.717) is 6.61 Å². The van der Waals surface area contributed by atoms with Gasteiger partial charge in [0, 0.05) is 12.6 Å². The summed E-state index contributed by atoms with van der Waals surface area (Å²) in [6.45, 7) is 5.18. The molecule has 0 saturated carbocycles. The van der Waals surface area contributed by atoms with Gasteiger partial charge in [0.15, 0.2) is 0 Å². The van der Waals surface area contributed by atoms with Gasteiger partial charge in [-0.3, -0.25) is 0 Å². The molecule has 0 aliphatic carbocycles. The van der Waals surface area contributed by atoms with E-state index in [1.807, 2.05) is 30.3 Å². The van der Waals surface area contributed by atoms with Crippen molar-refractivity contribution in [3.8, 4) is 5.75 Å². The molecule has 2 aromatic rings. The number of aliphatic hydroxyl groups is 1. The Balaban J connectivity index is 1.47. The van der Waals surface area contributed by atoms with E-state index >= 15 is 0 Å². The molecular weight excluding hydrogens is 312 g/mol. The fraction of sp³-hybridized carbons (Fsp3) is 0.429. The number of hydrogen-bond acceptors (Lipinski definition) is 4. The van der Waals surface area contributed by atoms with Gasteiger partial charge in [-0.05, 0) is 56.1 Å². The first-order valence-corrected chi connectivity index (χ1v) is 9.08. The quantitative estimate of drug-likeness (QED) is 0.725. The van der Waals surface area contributed by atoms with Crippen LogP contribution < -0.4 is 15.4 Å². The van der Waals surface area contributed by atoms with Crippen LogP contribution in [0.25, 0.3) is 0 Å². The molecule has 0 aromatic heterocycles. The number of para-hydroxylation sites is 1. The van der Waals surface area contributed by atoms with Crippen LogP contribution >= 0.6 is 0 Å². The predicted octanol–water partition coefficient (Wildman–Crippen LogP) is 2.86. The number of piperidine rings is 1. The second-order valence-electron chi connectivity index (χ2n) is 6.87. The highest BCUT2D eigenvalue weighted by Crippen LogP contribution is 2.22. The van der Waals surface area contributed by atoms with Gasteiger partial charge in [0.25, 0.3) is 0 Å². The molecule has 0 bridgehead atoms. The van der Waals surface area contributed by atoms with Crippen molar-refractivity contribution in [3.05, 3.63) is 65.7 Å². The van der Waals surface area contributed by atoms with Crippen molar-refractivity contribution in [2.75, 3.05) is 13.1 Å². The van der Waals surface area contributed by atoms with Gasteiger partial charge in [0.05, 0.1) is 5.60 Å². The maximum atomic E-state index is 10.7. The minimum absolute atomic E-state index is 0.0793. The first-order valence-electron chi connectivity index (χ1n) is 9.08. The average Bonchev–Trinajstić information content (AvgIpc) is 2.66. The lowest BCUT2D eigenvalue weighted by Gasteiger charge is -2.38. The van der Waals surface area contributed by atoms with Gasteiger partial charge in [-0.25, -0.2) is 0 Å². The summed E-state index contributed by atoms with van der Waals surface area (Å²) in [4.78, 5) is 0. The highest BCUT2D eigenvalue weighted by Gasteiger charge is 2.34. The summed E-state index contributed by atoms with van der Waals surface area (Å²) in [6.07, 6.45) is 1.61. The van der Waals surface area contributed by atoms with Crippen molar-refractivity contribution in [2.24, 2.45) is 0 Å². The fourth-order valence-electron chi connectivity index (χ4n) is 3.19. The summed E-state index contributed by atoms with van der Waals surface area (Å²) in [5.74, 6) is 0.886. The first kappa shape index (κ1) is 17.9. The Hall–Kier alpha value is -1.88. The molecule has 1 saturated heterocycles. The van der Waals surface area contributed by atoms with Crippen molar-refractivity contribution in [1.29, 1.82) is 0 Å². The van der Waals surface area contributed by atoms with Crippen LogP contribution in [0.15, 0.2) is 54.6 Å². The zero-order valence-electron chi connectivity index (χ0n) is 14.9. The van der Waals surface area contributed by atoms with Gasteiger partial charge in [0.2, 0.25) is 0 Å². The van der Waals surface area contributed by atoms with E-state index in [1.165, 1.54) is 5.56 Å². The lowest BCUT2D eigenvalue weighted by molar-refractivity contribution is -0.0198. The molecule has 4 heteroatoms. The molecule has 1 fully saturated rings. The number of benzene rings is 2. The van der Waals surface area contributed by atoms with Crippen LogP contribution in [0.1, 0.15) is 30.9 Å². The second kappa shape index (κ2) is 8.48. The molecule has 1 aliphatic heterocycles. The van der Waals surface area contributed by atoms with Gasteiger partial charge in [-0.1, -0.05) is 42.5 Å². The second-order valence-corrected chi connectivity index (χ2v) is 6.87. The van der Waals surface area contributed by atoms with Gasteiger partial charge in [-0.15, -0.1) is 0 Å². The summed E-state index contributed by atoms with van der Waals surface area (Å²) < 4.78 is 5.77. The van der Waals surface area contributed by atoms with E-state index in [2.05, 4.69) is 41.8 Å². The standard InChI is InChI=1S/C21H28N2O2/c1-17(21(24)11-13-22-14-12-21)23-15-18-7-9-19(10-8-18)16-25-20-5-3-2-4-6-20/h2-10,17,22-24H,11-16H2,1H3. The topological polar surface area (TPSA) is 53.5 Å². The van der Waals surface area contributed by atoms with E-state index in [1.54, 1.807) is 0 Å². The molecule has 3 rings (SSSR count). The van der Waals surface area contributed by atoms with E-state index in [0.717, 1.165) is 43.8 Å². The summed E-state index contributed by atoms with van der Waals surface area (Å²) >= 11 is 0. The summed E-state index contributed by atoms with van der Waals surface area (Å²) in [7, 11) is 0. The molecule has 1 unspecified atom stereocenters. The number of hydrogen-bond donors (Lipinski definition) is 3. The molecule has 1 aliphatic rings. The number of rotatable bonds is 7. The van der Waals surface area contributed by atoms with Crippen LogP contribution in [-0.2, 0) is 13.2 Å². The molecular formula is C21H28N2O2. The van der Waals surface area contributed by atoms with Crippen LogP contribution in [0.2, 0.25) is 0 Å². The maximum Gasteiger partial charge on any atom is 0.119 e. The van der Waals surface area contributed by atoms with E-state index in [4.69, 9.17) is 4.74 Å². The van der Waals surface area contributed by atoms with Gasteiger partial charge >= 0.3 is 0 Å². The zero-order valence-corrected chi connectivity index (χ0v) is 14.9. The van der Waals surface area contributed by atoms with Crippen LogP contribution in [0.5, 0.6) is 5.75 Å². The summed E-state index contributed by atoms with van der Waals surface area (Å²) in [5.41, 5.74) is 1.76. The molecule has 25 heavy (non-hydrogen) atoms. The SMILES string of the molecule is CC(NCc1ccc(COc2ccccc2)cc1)C1(O)CCNCC1. The van der Waals surface area contributed by atoms with Crippen molar-refractivity contribution >= 4 is 0 Å². The number of nitrogens with one attached hydrogen (secondary N) is 2. The van der Waals surface area contributed by atoms with Gasteiger partial charge < -0.3 is 20.5 Å². The van der Waals surface area contributed by atoms with E-state index < -0.39 is 5.60 Å². The highest BCUT2D eigenvalue weighted by atomic mass is 16.5. The number of ether oxygens (including phenoxy) is 1.